The lowest BCUT2D eigenvalue weighted by Crippen LogP contribution is -2.38. The molecule has 0 aliphatic carbocycles. The molecule has 1 saturated heterocycles. The number of fused-ring (bicyclic) bond motifs is 1. The van der Waals surface area contributed by atoms with E-state index in [1.54, 1.807) is 6.08 Å². The largest absolute Gasteiger partial charge is 0.301 e. The lowest BCUT2D eigenvalue weighted by Gasteiger charge is -2.28. The molecule has 18 heavy (non-hydrogen) atoms. The summed E-state index contributed by atoms with van der Waals surface area (Å²) in [6, 6.07) is 8.03. The van der Waals surface area contributed by atoms with E-state index in [2.05, 4.69) is 17.4 Å². The van der Waals surface area contributed by atoms with Gasteiger partial charge < -0.3 is 5.32 Å². The first-order valence-electron chi connectivity index (χ1n) is 6.09. The Morgan fingerprint density at radius 2 is 2.11 bits per heavy atom. The quantitative estimate of drug-likeness (QED) is 0.902. The van der Waals surface area contributed by atoms with Crippen LogP contribution < -0.4 is 5.32 Å². The third-order valence-corrected chi connectivity index (χ3v) is 4.74. The van der Waals surface area contributed by atoms with Gasteiger partial charge in [0, 0.05) is 5.02 Å². The highest BCUT2D eigenvalue weighted by molar-refractivity contribution is 8.15. The third-order valence-electron chi connectivity index (χ3n) is 3.43. The van der Waals surface area contributed by atoms with Crippen molar-refractivity contribution in [1.82, 2.24) is 5.32 Å². The molecule has 0 saturated carbocycles. The minimum atomic E-state index is 0.189. The number of piperidine rings is 1. The van der Waals surface area contributed by atoms with Crippen LogP contribution in [0.1, 0.15) is 12.0 Å². The maximum absolute atomic E-state index is 11.3. The monoisotopic (exact) mass is 279 g/mol. The predicted octanol–water partition coefficient (Wildman–Crippen LogP) is 3.02. The summed E-state index contributed by atoms with van der Waals surface area (Å²) in [6.45, 7) is 0.977. The first kappa shape index (κ1) is 12.3. The predicted molar refractivity (Wildman–Crippen MR) is 75.7 cm³/mol. The van der Waals surface area contributed by atoms with Crippen LogP contribution in [0.3, 0.4) is 0 Å². The number of hydrogen-bond acceptors (Lipinski definition) is 3. The molecule has 0 spiro atoms. The average molecular weight is 280 g/mol. The summed E-state index contributed by atoms with van der Waals surface area (Å²) in [5.74, 6) is 0.570. The maximum atomic E-state index is 11.3. The summed E-state index contributed by atoms with van der Waals surface area (Å²) in [6.07, 6.45) is 3.86. The molecule has 2 aliphatic rings. The van der Waals surface area contributed by atoms with Crippen LogP contribution in [0.2, 0.25) is 5.02 Å². The maximum Gasteiger partial charge on any atom is 0.214 e. The fraction of sp³-hybridized carbons (Fsp3) is 0.357. The summed E-state index contributed by atoms with van der Waals surface area (Å²) >= 11 is 7.28. The summed E-state index contributed by atoms with van der Waals surface area (Å²) in [7, 11) is 0. The van der Waals surface area contributed by atoms with Gasteiger partial charge in [0.25, 0.3) is 0 Å². The van der Waals surface area contributed by atoms with Crippen molar-refractivity contribution in [3.8, 4) is 0 Å². The second-order valence-electron chi connectivity index (χ2n) is 4.85. The molecule has 0 amide bonds. The van der Waals surface area contributed by atoms with Crippen molar-refractivity contribution < 1.29 is 4.79 Å². The van der Waals surface area contributed by atoms with E-state index in [0.29, 0.717) is 5.92 Å². The number of nitrogens with one attached hydrogen (secondary N) is 1. The Balaban J connectivity index is 1.66. The van der Waals surface area contributed by atoms with Gasteiger partial charge >= 0.3 is 0 Å². The molecule has 4 heteroatoms. The molecule has 1 N–H and O–H groups in total. The number of benzene rings is 1. The number of rotatable bonds is 2. The van der Waals surface area contributed by atoms with E-state index in [0.717, 1.165) is 24.4 Å². The van der Waals surface area contributed by atoms with Gasteiger partial charge in [-0.2, -0.15) is 0 Å². The second-order valence-corrected chi connectivity index (χ2v) is 6.39. The number of hydrogen-bond donors (Lipinski definition) is 1. The van der Waals surface area contributed by atoms with Crippen LogP contribution in [0.4, 0.5) is 0 Å². The van der Waals surface area contributed by atoms with Gasteiger partial charge in [-0.15, -0.1) is 0 Å². The molecule has 94 valence electrons. The number of halogens is 1. The van der Waals surface area contributed by atoms with Gasteiger partial charge in [0.15, 0.2) is 0 Å². The summed E-state index contributed by atoms with van der Waals surface area (Å²) in [5, 5.41) is 4.64. The van der Waals surface area contributed by atoms with Crippen LogP contribution in [-0.4, -0.2) is 17.0 Å². The molecule has 0 radical (unpaired) electrons. The molecule has 0 bridgehead atoms. The fourth-order valence-electron chi connectivity index (χ4n) is 2.57. The Hall–Kier alpha value is -0.770. The molecule has 1 aromatic carbocycles. The van der Waals surface area contributed by atoms with Crippen molar-refractivity contribution in [2.45, 2.75) is 18.2 Å². The fourth-order valence-corrected chi connectivity index (χ4v) is 3.64. The Morgan fingerprint density at radius 3 is 2.89 bits per heavy atom. The summed E-state index contributed by atoms with van der Waals surface area (Å²) in [4.78, 5) is 11.3. The van der Waals surface area contributed by atoms with Crippen LogP contribution in [0.25, 0.3) is 0 Å². The molecule has 2 aliphatic heterocycles. The third kappa shape index (κ3) is 2.63. The molecule has 2 unspecified atom stereocenters. The standard InChI is InChI=1S/C14H14ClNOS/c15-12-3-1-9(2-4-12)5-10-6-11-7-13(17)18-14(11)16-8-10/h1-4,7,10,14,16H,5-6,8H2. The van der Waals surface area contributed by atoms with E-state index in [9.17, 15) is 4.79 Å². The van der Waals surface area contributed by atoms with E-state index >= 15 is 0 Å². The number of carbonyl (C=O) groups excluding carboxylic acids is 1. The SMILES string of the molecule is O=C1C=C2CC(Cc3ccc(Cl)cc3)CNC2S1. The smallest absolute Gasteiger partial charge is 0.214 e. The molecule has 1 aromatic rings. The highest BCUT2D eigenvalue weighted by Gasteiger charge is 2.31. The summed E-state index contributed by atoms with van der Waals surface area (Å²) in [5.41, 5.74) is 2.57. The molecule has 3 rings (SSSR count). The molecule has 2 heterocycles. The zero-order chi connectivity index (χ0) is 12.5. The van der Waals surface area contributed by atoms with Gasteiger partial charge in [-0.3, -0.25) is 4.79 Å². The van der Waals surface area contributed by atoms with Gasteiger partial charge in [-0.1, -0.05) is 35.5 Å². The Morgan fingerprint density at radius 1 is 1.33 bits per heavy atom. The lowest BCUT2D eigenvalue weighted by atomic mass is 9.89. The molecule has 2 atom stereocenters. The number of thioether (sulfide) groups is 1. The van der Waals surface area contributed by atoms with Crippen molar-refractivity contribution in [3.63, 3.8) is 0 Å². The van der Waals surface area contributed by atoms with Crippen molar-refractivity contribution in [2.24, 2.45) is 5.92 Å². The molecule has 1 fully saturated rings. The zero-order valence-electron chi connectivity index (χ0n) is 9.86. The normalized spacial score (nSPS) is 26.9. The highest BCUT2D eigenvalue weighted by Crippen LogP contribution is 2.34. The summed E-state index contributed by atoms with van der Waals surface area (Å²) < 4.78 is 0. The van der Waals surface area contributed by atoms with Crippen molar-refractivity contribution in [3.05, 3.63) is 46.5 Å². The average Bonchev–Trinajstić information content (AvgIpc) is 2.71. The first-order chi connectivity index (χ1) is 8.70. The second kappa shape index (κ2) is 5.08. The van der Waals surface area contributed by atoms with Crippen molar-refractivity contribution in [1.29, 1.82) is 0 Å². The number of carbonyl (C=O) groups is 1. The van der Waals surface area contributed by atoms with Gasteiger partial charge in [0.05, 0.1) is 5.37 Å². The van der Waals surface area contributed by atoms with E-state index < -0.39 is 0 Å². The molecular formula is C14H14ClNOS. The van der Waals surface area contributed by atoms with Crippen LogP contribution in [0.5, 0.6) is 0 Å². The lowest BCUT2D eigenvalue weighted by molar-refractivity contribution is -0.106. The Labute approximate surface area is 116 Å². The van der Waals surface area contributed by atoms with Gasteiger partial charge in [-0.25, -0.2) is 0 Å². The van der Waals surface area contributed by atoms with Crippen LogP contribution >= 0.6 is 23.4 Å². The topological polar surface area (TPSA) is 29.1 Å². The van der Waals surface area contributed by atoms with Crippen LogP contribution in [0, 0.1) is 5.92 Å². The van der Waals surface area contributed by atoms with Crippen LogP contribution in [-0.2, 0) is 11.2 Å². The van der Waals surface area contributed by atoms with Crippen molar-refractivity contribution in [2.75, 3.05) is 6.54 Å². The molecular weight excluding hydrogens is 266 g/mol. The minimum Gasteiger partial charge on any atom is -0.301 e. The Bertz CT molecular complexity index is 497. The van der Waals surface area contributed by atoms with Gasteiger partial charge in [-0.05, 0) is 54.6 Å². The van der Waals surface area contributed by atoms with Gasteiger partial charge in [0.1, 0.15) is 0 Å². The van der Waals surface area contributed by atoms with E-state index in [-0.39, 0.29) is 10.5 Å². The van der Waals surface area contributed by atoms with E-state index in [1.807, 2.05) is 12.1 Å². The van der Waals surface area contributed by atoms with E-state index in [4.69, 9.17) is 11.6 Å². The first-order valence-corrected chi connectivity index (χ1v) is 7.35. The van der Waals surface area contributed by atoms with Crippen LogP contribution in [0.15, 0.2) is 35.9 Å². The Kier molecular flexibility index (Phi) is 3.46. The van der Waals surface area contributed by atoms with E-state index in [1.165, 1.54) is 22.9 Å². The highest BCUT2D eigenvalue weighted by atomic mass is 35.5. The van der Waals surface area contributed by atoms with Crippen molar-refractivity contribution >= 4 is 28.5 Å². The minimum absolute atomic E-state index is 0.189. The molecule has 0 aromatic heterocycles. The zero-order valence-corrected chi connectivity index (χ0v) is 11.4. The van der Waals surface area contributed by atoms with Gasteiger partial charge in [0.2, 0.25) is 5.12 Å². The molecule has 2 nitrogen and oxygen atoms in total.